The SMILES string of the molecule is Cc1ccc(C(=O)Nc2cc(N)ccc2Br)cc1C. The smallest absolute Gasteiger partial charge is 0.255 e. The third-order valence-electron chi connectivity index (χ3n) is 3.01. The summed E-state index contributed by atoms with van der Waals surface area (Å²) in [5.74, 6) is -0.144. The average molecular weight is 319 g/mol. The van der Waals surface area contributed by atoms with Crippen molar-refractivity contribution in [3.8, 4) is 0 Å². The highest BCUT2D eigenvalue weighted by molar-refractivity contribution is 9.10. The van der Waals surface area contributed by atoms with E-state index in [0.29, 0.717) is 16.9 Å². The Labute approximate surface area is 121 Å². The van der Waals surface area contributed by atoms with Gasteiger partial charge < -0.3 is 11.1 Å². The standard InChI is InChI=1S/C15H15BrN2O/c1-9-3-4-11(7-10(9)2)15(19)18-14-8-12(17)5-6-13(14)16/h3-8H,17H2,1-2H3,(H,18,19). The second kappa shape index (κ2) is 5.45. The van der Waals surface area contributed by atoms with E-state index in [1.165, 1.54) is 5.56 Å². The van der Waals surface area contributed by atoms with Gasteiger partial charge in [-0.1, -0.05) is 6.07 Å². The van der Waals surface area contributed by atoms with Gasteiger partial charge in [-0.15, -0.1) is 0 Å². The fourth-order valence-electron chi connectivity index (χ4n) is 1.72. The van der Waals surface area contributed by atoms with Crippen LogP contribution in [0.1, 0.15) is 21.5 Å². The van der Waals surface area contributed by atoms with E-state index in [4.69, 9.17) is 5.73 Å². The number of anilines is 2. The normalized spacial score (nSPS) is 10.3. The first-order valence-corrected chi connectivity index (χ1v) is 6.70. The molecule has 2 rings (SSSR count). The Morgan fingerprint density at radius 1 is 1.11 bits per heavy atom. The molecule has 0 spiro atoms. The quantitative estimate of drug-likeness (QED) is 0.825. The van der Waals surface area contributed by atoms with Crippen LogP contribution in [0.25, 0.3) is 0 Å². The lowest BCUT2D eigenvalue weighted by molar-refractivity contribution is 0.102. The summed E-state index contributed by atoms with van der Waals surface area (Å²) >= 11 is 3.39. The van der Waals surface area contributed by atoms with Gasteiger partial charge in [0.2, 0.25) is 0 Å². The number of nitrogens with two attached hydrogens (primary N) is 1. The van der Waals surface area contributed by atoms with Crippen molar-refractivity contribution in [1.29, 1.82) is 0 Å². The molecule has 98 valence electrons. The van der Waals surface area contributed by atoms with Crippen LogP contribution < -0.4 is 11.1 Å². The van der Waals surface area contributed by atoms with Crippen LogP contribution in [0, 0.1) is 13.8 Å². The molecule has 4 heteroatoms. The summed E-state index contributed by atoms with van der Waals surface area (Å²) in [6.07, 6.45) is 0. The number of benzene rings is 2. The predicted molar refractivity (Wildman–Crippen MR) is 82.4 cm³/mol. The highest BCUT2D eigenvalue weighted by Gasteiger charge is 2.09. The van der Waals surface area contributed by atoms with Crippen molar-refractivity contribution < 1.29 is 4.79 Å². The zero-order chi connectivity index (χ0) is 14.0. The van der Waals surface area contributed by atoms with E-state index in [9.17, 15) is 4.79 Å². The first-order chi connectivity index (χ1) is 8.97. The van der Waals surface area contributed by atoms with E-state index in [1.54, 1.807) is 12.1 Å². The number of halogens is 1. The maximum Gasteiger partial charge on any atom is 0.255 e. The van der Waals surface area contributed by atoms with Crippen LogP contribution in [0.3, 0.4) is 0 Å². The molecule has 3 N–H and O–H groups in total. The summed E-state index contributed by atoms with van der Waals surface area (Å²) in [4.78, 5) is 12.2. The van der Waals surface area contributed by atoms with Gasteiger partial charge in [0, 0.05) is 15.7 Å². The Bertz CT molecular complexity index is 638. The van der Waals surface area contributed by atoms with Crippen molar-refractivity contribution in [3.05, 3.63) is 57.6 Å². The molecule has 0 aliphatic rings. The summed E-state index contributed by atoms with van der Waals surface area (Å²) < 4.78 is 0.805. The Balaban J connectivity index is 2.25. The minimum Gasteiger partial charge on any atom is -0.399 e. The fourth-order valence-corrected chi connectivity index (χ4v) is 2.06. The maximum atomic E-state index is 12.2. The van der Waals surface area contributed by atoms with Crippen LogP contribution in [-0.4, -0.2) is 5.91 Å². The molecule has 0 saturated carbocycles. The third kappa shape index (κ3) is 3.15. The molecular formula is C15H15BrN2O. The minimum atomic E-state index is -0.144. The van der Waals surface area contributed by atoms with Crippen molar-refractivity contribution in [2.24, 2.45) is 0 Å². The van der Waals surface area contributed by atoms with Crippen molar-refractivity contribution in [3.63, 3.8) is 0 Å². The molecule has 0 saturated heterocycles. The Morgan fingerprint density at radius 2 is 1.84 bits per heavy atom. The van der Waals surface area contributed by atoms with E-state index in [0.717, 1.165) is 10.0 Å². The molecule has 0 aliphatic carbocycles. The predicted octanol–water partition coefficient (Wildman–Crippen LogP) is 3.90. The number of carbonyl (C=O) groups excluding carboxylic acids is 1. The highest BCUT2D eigenvalue weighted by atomic mass is 79.9. The molecule has 0 unspecified atom stereocenters. The molecule has 0 bridgehead atoms. The van der Waals surface area contributed by atoms with Crippen LogP contribution in [0.15, 0.2) is 40.9 Å². The fraction of sp³-hybridized carbons (Fsp3) is 0.133. The first kappa shape index (κ1) is 13.6. The number of hydrogen-bond donors (Lipinski definition) is 2. The highest BCUT2D eigenvalue weighted by Crippen LogP contribution is 2.25. The van der Waals surface area contributed by atoms with Crippen molar-refractivity contribution in [1.82, 2.24) is 0 Å². The summed E-state index contributed by atoms with van der Waals surface area (Å²) in [5.41, 5.74) is 9.89. The summed E-state index contributed by atoms with van der Waals surface area (Å²) in [7, 11) is 0. The summed E-state index contributed by atoms with van der Waals surface area (Å²) in [6, 6.07) is 10.9. The Morgan fingerprint density at radius 3 is 2.53 bits per heavy atom. The van der Waals surface area contributed by atoms with Gasteiger partial charge in [-0.3, -0.25) is 4.79 Å². The second-order valence-corrected chi connectivity index (χ2v) is 5.35. The largest absolute Gasteiger partial charge is 0.399 e. The van der Waals surface area contributed by atoms with Crippen LogP contribution in [0.4, 0.5) is 11.4 Å². The van der Waals surface area contributed by atoms with Crippen molar-refractivity contribution >= 4 is 33.2 Å². The average Bonchev–Trinajstić information content (AvgIpc) is 2.37. The van der Waals surface area contributed by atoms with E-state index in [1.807, 2.05) is 38.1 Å². The number of hydrogen-bond acceptors (Lipinski definition) is 2. The zero-order valence-electron chi connectivity index (χ0n) is 10.8. The van der Waals surface area contributed by atoms with E-state index in [2.05, 4.69) is 21.2 Å². The summed E-state index contributed by atoms with van der Waals surface area (Å²) in [5, 5.41) is 2.85. The lowest BCUT2D eigenvalue weighted by atomic mass is 10.1. The van der Waals surface area contributed by atoms with E-state index in [-0.39, 0.29) is 5.91 Å². The van der Waals surface area contributed by atoms with Crippen molar-refractivity contribution in [2.45, 2.75) is 13.8 Å². The van der Waals surface area contributed by atoms with Gasteiger partial charge in [0.1, 0.15) is 0 Å². The Hall–Kier alpha value is -1.81. The van der Waals surface area contributed by atoms with E-state index < -0.39 is 0 Å². The molecule has 0 heterocycles. The minimum absolute atomic E-state index is 0.144. The molecular weight excluding hydrogens is 304 g/mol. The van der Waals surface area contributed by atoms with Gasteiger partial charge in [0.25, 0.3) is 5.91 Å². The van der Waals surface area contributed by atoms with E-state index >= 15 is 0 Å². The number of rotatable bonds is 2. The lowest BCUT2D eigenvalue weighted by Gasteiger charge is -2.09. The van der Waals surface area contributed by atoms with Gasteiger partial charge in [0.05, 0.1) is 5.69 Å². The van der Waals surface area contributed by atoms with Crippen LogP contribution in [0.2, 0.25) is 0 Å². The third-order valence-corrected chi connectivity index (χ3v) is 3.70. The lowest BCUT2D eigenvalue weighted by Crippen LogP contribution is -2.12. The molecule has 0 radical (unpaired) electrons. The van der Waals surface area contributed by atoms with Gasteiger partial charge in [-0.2, -0.15) is 0 Å². The maximum absolute atomic E-state index is 12.2. The number of aryl methyl sites for hydroxylation is 2. The molecule has 3 nitrogen and oxygen atoms in total. The molecule has 2 aromatic rings. The molecule has 2 aromatic carbocycles. The number of carbonyl (C=O) groups is 1. The number of nitrogens with one attached hydrogen (secondary N) is 1. The Kier molecular flexibility index (Phi) is 3.90. The first-order valence-electron chi connectivity index (χ1n) is 5.91. The number of nitrogen functional groups attached to an aromatic ring is 1. The molecule has 0 atom stereocenters. The second-order valence-electron chi connectivity index (χ2n) is 4.49. The molecule has 0 aliphatic heterocycles. The monoisotopic (exact) mass is 318 g/mol. The molecule has 1 amide bonds. The van der Waals surface area contributed by atoms with Crippen LogP contribution in [-0.2, 0) is 0 Å². The van der Waals surface area contributed by atoms with Crippen molar-refractivity contribution in [2.75, 3.05) is 11.1 Å². The molecule has 19 heavy (non-hydrogen) atoms. The van der Waals surface area contributed by atoms with Crippen LogP contribution in [0.5, 0.6) is 0 Å². The van der Waals surface area contributed by atoms with Gasteiger partial charge in [-0.05, 0) is 71.2 Å². The topological polar surface area (TPSA) is 55.1 Å². The van der Waals surface area contributed by atoms with Gasteiger partial charge in [-0.25, -0.2) is 0 Å². The van der Waals surface area contributed by atoms with Crippen LogP contribution >= 0.6 is 15.9 Å². The zero-order valence-corrected chi connectivity index (χ0v) is 12.4. The molecule has 0 aromatic heterocycles. The summed E-state index contributed by atoms with van der Waals surface area (Å²) in [6.45, 7) is 4.01. The molecule has 0 fully saturated rings. The van der Waals surface area contributed by atoms with Gasteiger partial charge in [0.15, 0.2) is 0 Å². The number of amides is 1. The van der Waals surface area contributed by atoms with Gasteiger partial charge >= 0.3 is 0 Å².